The standard InChI is InChI=1S/C10H4ClNOS/c11-9-3-10-6(1-7(9)5-13)2-8(4-12)14-10/h1-3,5H. The number of nitrogens with zero attached hydrogens (tertiary/aromatic N) is 1. The van der Waals surface area contributed by atoms with Crippen LogP contribution >= 0.6 is 22.9 Å². The van der Waals surface area contributed by atoms with Gasteiger partial charge in [-0.15, -0.1) is 11.3 Å². The van der Waals surface area contributed by atoms with Gasteiger partial charge in [0.05, 0.1) is 5.02 Å². The van der Waals surface area contributed by atoms with Gasteiger partial charge in [0.25, 0.3) is 0 Å². The van der Waals surface area contributed by atoms with Crippen LogP contribution < -0.4 is 0 Å². The summed E-state index contributed by atoms with van der Waals surface area (Å²) < 4.78 is 0.928. The van der Waals surface area contributed by atoms with E-state index in [0.717, 1.165) is 10.1 Å². The summed E-state index contributed by atoms with van der Waals surface area (Å²) >= 11 is 7.22. The summed E-state index contributed by atoms with van der Waals surface area (Å²) in [6, 6.07) is 7.22. The number of carbonyl (C=O) groups is 1. The van der Waals surface area contributed by atoms with Crippen molar-refractivity contribution in [2.45, 2.75) is 0 Å². The lowest BCUT2D eigenvalue weighted by Crippen LogP contribution is -1.79. The van der Waals surface area contributed by atoms with Crippen molar-refractivity contribution >= 4 is 39.3 Å². The lowest BCUT2D eigenvalue weighted by molar-refractivity contribution is 0.112. The van der Waals surface area contributed by atoms with E-state index in [-0.39, 0.29) is 0 Å². The molecule has 0 aliphatic heterocycles. The van der Waals surface area contributed by atoms with E-state index in [9.17, 15) is 4.79 Å². The Morgan fingerprint density at radius 3 is 2.86 bits per heavy atom. The molecule has 2 nitrogen and oxygen atoms in total. The number of nitriles is 1. The van der Waals surface area contributed by atoms with E-state index in [2.05, 4.69) is 6.07 Å². The number of benzene rings is 1. The molecule has 0 radical (unpaired) electrons. The van der Waals surface area contributed by atoms with Gasteiger partial charge in [-0.1, -0.05) is 11.6 Å². The van der Waals surface area contributed by atoms with E-state index in [1.807, 2.05) is 0 Å². The van der Waals surface area contributed by atoms with Crippen molar-refractivity contribution in [2.75, 3.05) is 0 Å². The Morgan fingerprint density at radius 2 is 2.21 bits per heavy atom. The van der Waals surface area contributed by atoms with E-state index >= 15 is 0 Å². The highest BCUT2D eigenvalue weighted by atomic mass is 35.5. The van der Waals surface area contributed by atoms with Crippen molar-refractivity contribution in [3.63, 3.8) is 0 Å². The smallest absolute Gasteiger partial charge is 0.151 e. The van der Waals surface area contributed by atoms with E-state index in [4.69, 9.17) is 16.9 Å². The van der Waals surface area contributed by atoms with Gasteiger partial charge in [0, 0.05) is 10.3 Å². The van der Waals surface area contributed by atoms with Gasteiger partial charge in [-0.2, -0.15) is 5.26 Å². The maximum absolute atomic E-state index is 10.6. The Labute approximate surface area is 89.3 Å². The lowest BCUT2D eigenvalue weighted by Gasteiger charge is -1.94. The van der Waals surface area contributed by atoms with Gasteiger partial charge < -0.3 is 0 Å². The van der Waals surface area contributed by atoms with E-state index in [0.29, 0.717) is 21.7 Å². The fraction of sp³-hybridized carbons (Fsp3) is 0. The normalized spacial score (nSPS) is 10.0. The van der Waals surface area contributed by atoms with Gasteiger partial charge >= 0.3 is 0 Å². The molecular weight excluding hydrogens is 218 g/mol. The van der Waals surface area contributed by atoms with Crippen LogP contribution in [0.2, 0.25) is 5.02 Å². The third-order valence-corrected chi connectivity index (χ3v) is 3.20. The second kappa shape index (κ2) is 3.41. The number of carbonyl (C=O) groups excluding carboxylic acids is 1. The number of halogens is 1. The predicted octanol–water partition coefficient (Wildman–Crippen LogP) is 3.24. The third kappa shape index (κ3) is 1.39. The van der Waals surface area contributed by atoms with Crippen LogP contribution in [0.1, 0.15) is 15.2 Å². The maximum Gasteiger partial charge on any atom is 0.151 e. The first-order chi connectivity index (χ1) is 6.74. The van der Waals surface area contributed by atoms with Crippen LogP contribution in [0.3, 0.4) is 0 Å². The second-order valence-electron chi connectivity index (χ2n) is 2.75. The fourth-order valence-corrected chi connectivity index (χ4v) is 2.38. The highest BCUT2D eigenvalue weighted by Crippen LogP contribution is 2.29. The molecule has 0 amide bonds. The molecule has 0 N–H and O–H groups in total. The van der Waals surface area contributed by atoms with Crippen molar-refractivity contribution in [3.05, 3.63) is 33.7 Å². The van der Waals surface area contributed by atoms with Crippen LogP contribution in [0.15, 0.2) is 18.2 Å². The number of hydrogen-bond acceptors (Lipinski definition) is 3. The minimum Gasteiger partial charge on any atom is -0.298 e. The zero-order valence-electron chi connectivity index (χ0n) is 6.95. The van der Waals surface area contributed by atoms with Gasteiger partial charge in [0.2, 0.25) is 0 Å². The molecule has 0 spiro atoms. The summed E-state index contributed by atoms with van der Waals surface area (Å²) in [5.41, 5.74) is 0.460. The van der Waals surface area contributed by atoms with Crippen LogP contribution in [0, 0.1) is 11.3 Å². The van der Waals surface area contributed by atoms with Crippen molar-refractivity contribution < 1.29 is 4.79 Å². The lowest BCUT2D eigenvalue weighted by atomic mass is 10.2. The minimum absolute atomic E-state index is 0.429. The molecule has 0 fully saturated rings. The number of hydrogen-bond donors (Lipinski definition) is 0. The van der Waals surface area contributed by atoms with E-state index in [1.54, 1.807) is 18.2 Å². The molecule has 4 heteroatoms. The number of thiophene rings is 1. The number of fused-ring (bicyclic) bond motifs is 1. The Bertz CT molecular complexity index is 553. The molecule has 68 valence electrons. The fourth-order valence-electron chi connectivity index (χ4n) is 1.23. The van der Waals surface area contributed by atoms with Crippen molar-refractivity contribution in [3.8, 4) is 6.07 Å². The first-order valence-corrected chi connectivity index (χ1v) is 5.02. The zero-order valence-corrected chi connectivity index (χ0v) is 8.52. The molecule has 0 aliphatic rings. The van der Waals surface area contributed by atoms with Crippen LogP contribution in [0.4, 0.5) is 0 Å². The molecule has 14 heavy (non-hydrogen) atoms. The van der Waals surface area contributed by atoms with Gasteiger partial charge in [-0.25, -0.2) is 0 Å². The van der Waals surface area contributed by atoms with Crippen LogP contribution in [0.25, 0.3) is 10.1 Å². The van der Waals surface area contributed by atoms with E-state index < -0.39 is 0 Å². The maximum atomic E-state index is 10.6. The highest BCUT2D eigenvalue weighted by Gasteiger charge is 2.05. The largest absolute Gasteiger partial charge is 0.298 e. The Kier molecular flexibility index (Phi) is 2.24. The zero-order chi connectivity index (χ0) is 10.1. The van der Waals surface area contributed by atoms with Gasteiger partial charge in [0.15, 0.2) is 6.29 Å². The summed E-state index contributed by atoms with van der Waals surface area (Å²) in [6.07, 6.45) is 0.714. The molecule has 0 atom stereocenters. The monoisotopic (exact) mass is 221 g/mol. The molecule has 0 aliphatic carbocycles. The summed E-state index contributed by atoms with van der Waals surface area (Å²) in [7, 11) is 0. The average molecular weight is 222 g/mol. The number of aldehydes is 1. The number of rotatable bonds is 1. The first kappa shape index (κ1) is 9.20. The van der Waals surface area contributed by atoms with Gasteiger partial charge in [0.1, 0.15) is 10.9 Å². The summed E-state index contributed by atoms with van der Waals surface area (Å²) in [4.78, 5) is 11.2. The van der Waals surface area contributed by atoms with Crippen molar-refractivity contribution in [2.24, 2.45) is 0 Å². The molecule has 0 saturated heterocycles. The summed E-state index contributed by atoms with van der Waals surface area (Å²) in [5.74, 6) is 0. The second-order valence-corrected chi connectivity index (χ2v) is 4.24. The molecule has 1 aromatic carbocycles. The first-order valence-electron chi connectivity index (χ1n) is 3.83. The molecule has 0 unspecified atom stereocenters. The van der Waals surface area contributed by atoms with Crippen LogP contribution in [0.5, 0.6) is 0 Å². The Morgan fingerprint density at radius 1 is 1.43 bits per heavy atom. The van der Waals surface area contributed by atoms with Gasteiger partial charge in [-0.05, 0) is 23.6 Å². The SMILES string of the molecule is N#Cc1cc2cc(C=O)c(Cl)cc2s1. The predicted molar refractivity (Wildman–Crippen MR) is 56.9 cm³/mol. The molecule has 2 aromatic rings. The Balaban J connectivity index is 2.77. The molecule has 0 bridgehead atoms. The molecular formula is C10H4ClNOS. The summed E-state index contributed by atoms with van der Waals surface area (Å²) in [5, 5.41) is 10.0. The minimum atomic E-state index is 0.429. The van der Waals surface area contributed by atoms with Crippen molar-refractivity contribution in [1.29, 1.82) is 5.26 Å². The molecule has 0 saturated carbocycles. The average Bonchev–Trinajstić information content (AvgIpc) is 2.58. The highest BCUT2D eigenvalue weighted by molar-refractivity contribution is 7.19. The molecule has 1 aromatic heterocycles. The van der Waals surface area contributed by atoms with E-state index in [1.165, 1.54) is 11.3 Å². The summed E-state index contributed by atoms with van der Waals surface area (Å²) in [6.45, 7) is 0. The van der Waals surface area contributed by atoms with Crippen molar-refractivity contribution in [1.82, 2.24) is 0 Å². The van der Waals surface area contributed by atoms with Gasteiger partial charge in [-0.3, -0.25) is 4.79 Å². The third-order valence-electron chi connectivity index (χ3n) is 1.87. The molecule has 1 heterocycles. The quantitative estimate of drug-likeness (QED) is 0.694. The Hall–Kier alpha value is -1.37. The molecule has 2 rings (SSSR count). The van der Waals surface area contributed by atoms with Crippen LogP contribution in [-0.4, -0.2) is 6.29 Å². The van der Waals surface area contributed by atoms with Crippen LogP contribution in [-0.2, 0) is 0 Å². The topological polar surface area (TPSA) is 40.9 Å².